The molecular formula is C42H77NO2. The molecule has 0 heterocycles. The Labute approximate surface area is 282 Å². The first-order valence-electron chi connectivity index (χ1n) is 19.7. The maximum absolute atomic E-state index is 6.31. The van der Waals surface area contributed by atoms with Crippen LogP contribution in [0, 0.1) is 5.92 Å². The number of ether oxygens (including phenoxy) is 2. The highest BCUT2D eigenvalue weighted by Crippen LogP contribution is 2.38. The zero-order valence-electron chi connectivity index (χ0n) is 30.7. The zero-order chi connectivity index (χ0) is 32.5. The van der Waals surface area contributed by atoms with E-state index in [4.69, 9.17) is 9.47 Å². The number of allylic oxidation sites excluding steroid dienone is 8. The van der Waals surface area contributed by atoms with Crippen LogP contribution in [0.1, 0.15) is 168 Å². The minimum atomic E-state index is 0.315. The molecule has 3 heteroatoms. The molecule has 1 aliphatic rings. The minimum absolute atomic E-state index is 0.315. The van der Waals surface area contributed by atoms with Crippen LogP contribution in [-0.4, -0.2) is 51.0 Å². The molecule has 1 saturated carbocycles. The summed E-state index contributed by atoms with van der Waals surface area (Å²) in [6.07, 6.45) is 50.3. The lowest BCUT2D eigenvalue weighted by atomic mass is 10.1. The molecule has 3 nitrogen and oxygen atoms in total. The van der Waals surface area contributed by atoms with E-state index in [2.05, 4.69) is 81.5 Å². The van der Waals surface area contributed by atoms with Gasteiger partial charge in [0.25, 0.3) is 0 Å². The summed E-state index contributed by atoms with van der Waals surface area (Å²) in [6, 6.07) is 0. The predicted octanol–water partition coefficient (Wildman–Crippen LogP) is 12.6. The molecular weight excluding hydrogens is 550 g/mol. The molecule has 0 aromatic heterocycles. The van der Waals surface area contributed by atoms with Crippen molar-refractivity contribution in [1.29, 1.82) is 0 Å². The summed E-state index contributed by atoms with van der Waals surface area (Å²) in [5, 5.41) is 0. The van der Waals surface area contributed by atoms with Crippen LogP contribution in [0.15, 0.2) is 48.6 Å². The van der Waals surface area contributed by atoms with Crippen molar-refractivity contribution in [2.45, 2.75) is 180 Å². The molecule has 1 rings (SSSR count). The van der Waals surface area contributed by atoms with Crippen LogP contribution in [0.4, 0.5) is 0 Å². The molecule has 0 bridgehead atoms. The molecule has 0 aromatic carbocycles. The van der Waals surface area contributed by atoms with Gasteiger partial charge in [0.05, 0.1) is 12.2 Å². The Morgan fingerprint density at radius 1 is 0.422 bits per heavy atom. The summed E-state index contributed by atoms with van der Waals surface area (Å²) >= 11 is 0. The average molecular weight is 628 g/mol. The van der Waals surface area contributed by atoms with Crippen LogP contribution in [0.5, 0.6) is 0 Å². The molecule has 0 spiro atoms. The Bertz CT molecular complexity index is 668. The highest BCUT2D eigenvalue weighted by molar-refractivity contribution is 5.02. The first-order chi connectivity index (χ1) is 22.2. The summed E-state index contributed by atoms with van der Waals surface area (Å²) in [5.41, 5.74) is 0. The van der Waals surface area contributed by atoms with Crippen molar-refractivity contribution in [3.8, 4) is 0 Å². The van der Waals surface area contributed by atoms with Crippen molar-refractivity contribution in [2.75, 3.05) is 33.9 Å². The average Bonchev–Trinajstić information content (AvgIpc) is 3.68. The Hall–Kier alpha value is -1.16. The van der Waals surface area contributed by atoms with Gasteiger partial charge in [-0.2, -0.15) is 0 Å². The Morgan fingerprint density at radius 3 is 1.11 bits per heavy atom. The second-order valence-electron chi connectivity index (χ2n) is 13.8. The molecule has 3 atom stereocenters. The van der Waals surface area contributed by atoms with Crippen molar-refractivity contribution in [2.24, 2.45) is 5.92 Å². The van der Waals surface area contributed by atoms with E-state index in [1.54, 1.807) is 0 Å². The predicted molar refractivity (Wildman–Crippen MR) is 200 cm³/mol. The van der Waals surface area contributed by atoms with Crippen molar-refractivity contribution in [3.05, 3.63) is 48.6 Å². The number of hydrogen-bond donors (Lipinski definition) is 0. The van der Waals surface area contributed by atoms with E-state index in [1.165, 1.54) is 141 Å². The van der Waals surface area contributed by atoms with E-state index in [-0.39, 0.29) is 0 Å². The highest BCUT2D eigenvalue weighted by Gasteiger charge is 2.52. The van der Waals surface area contributed by atoms with Crippen LogP contribution in [0.25, 0.3) is 0 Å². The van der Waals surface area contributed by atoms with Gasteiger partial charge in [-0.3, -0.25) is 0 Å². The summed E-state index contributed by atoms with van der Waals surface area (Å²) in [6.45, 7) is 7.40. The molecule has 0 radical (unpaired) electrons. The normalized spacial score (nSPS) is 18.6. The van der Waals surface area contributed by atoms with Crippen LogP contribution in [-0.2, 0) is 9.47 Å². The third kappa shape index (κ3) is 27.6. The molecule has 262 valence electrons. The monoisotopic (exact) mass is 628 g/mol. The molecule has 0 saturated heterocycles. The maximum Gasteiger partial charge on any atom is 0.0907 e. The number of unbranched alkanes of at least 4 members (excludes halogenated alkanes) is 18. The van der Waals surface area contributed by atoms with E-state index in [9.17, 15) is 0 Å². The third-order valence-electron chi connectivity index (χ3n) is 8.91. The smallest absolute Gasteiger partial charge is 0.0907 e. The Balaban J connectivity index is 1.94. The fourth-order valence-corrected chi connectivity index (χ4v) is 6.00. The number of rotatable bonds is 34. The minimum Gasteiger partial charge on any atom is -0.375 e. The van der Waals surface area contributed by atoms with Crippen molar-refractivity contribution >= 4 is 0 Å². The van der Waals surface area contributed by atoms with Gasteiger partial charge in [-0.05, 0) is 91.1 Å². The first-order valence-corrected chi connectivity index (χ1v) is 19.7. The zero-order valence-corrected chi connectivity index (χ0v) is 30.7. The molecule has 45 heavy (non-hydrogen) atoms. The largest absolute Gasteiger partial charge is 0.375 e. The Kier molecular flexibility index (Phi) is 30.5. The summed E-state index contributed by atoms with van der Waals surface area (Å²) in [4.78, 5) is 2.28. The van der Waals surface area contributed by atoms with Crippen LogP contribution in [0.3, 0.4) is 0 Å². The molecule has 1 aliphatic carbocycles. The molecule has 2 unspecified atom stereocenters. The van der Waals surface area contributed by atoms with Gasteiger partial charge in [0.15, 0.2) is 0 Å². The topological polar surface area (TPSA) is 21.7 Å². The fraction of sp³-hybridized carbons (Fsp3) is 0.810. The second-order valence-corrected chi connectivity index (χ2v) is 13.8. The summed E-state index contributed by atoms with van der Waals surface area (Å²) < 4.78 is 12.6. The molecule has 1 fully saturated rings. The van der Waals surface area contributed by atoms with E-state index in [0.717, 1.165) is 32.6 Å². The van der Waals surface area contributed by atoms with Crippen molar-refractivity contribution < 1.29 is 9.47 Å². The lowest BCUT2D eigenvalue weighted by Crippen LogP contribution is -2.17. The van der Waals surface area contributed by atoms with Crippen molar-refractivity contribution in [1.82, 2.24) is 4.90 Å². The maximum atomic E-state index is 6.31. The van der Waals surface area contributed by atoms with Gasteiger partial charge in [0.1, 0.15) is 0 Å². The van der Waals surface area contributed by atoms with Gasteiger partial charge in [0, 0.05) is 25.7 Å². The van der Waals surface area contributed by atoms with Crippen LogP contribution in [0.2, 0.25) is 0 Å². The fourth-order valence-electron chi connectivity index (χ4n) is 6.00. The van der Waals surface area contributed by atoms with Gasteiger partial charge in [-0.25, -0.2) is 0 Å². The second kappa shape index (κ2) is 32.8. The third-order valence-corrected chi connectivity index (χ3v) is 8.91. The van der Waals surface area contributed by atoms with Gasteiger partial charge < -0.3 is 14.4 Å². The molecule has 0 aliphatic heterocycles. The lowest BCUT2D eigenvalue weighted by Gasteiger charge is -2.08. The van der Waals surface area contributed by atoms with Crippen molar-refractivity contribution in [3.63, 3.8) is 0 Å². The van der Waals surface area contributed by atoms with E-state index < -0.39 is 0 Å². The van der Waals surface area contributed by atoms with Crippen LogP contribution >= 0.6 is 0 Å². The van der Waals surface area contributed by atoms with E-state index in [1.807, 2.05) is 0 Å². The SMILES string of the molecule is CCCCC/C=C\C/C=C\CCCCCCCCOC1C(CN(C)C)[C@H]1OCCCCCCCC/C=C\C/C=C\CCCCC. The van der Waals surface area contributed by atoms with E-state index in [0.29, 0.717) is 18.1 Å². The summed E-state index contributed by atoms with van der Waals surface area (Å²) in [7, 11) is 4.33. The number of nitrogens with zero attached hydrogens (tertiary/aromatic N) is 1. The van der Waals surface area contributed by atoms with Gasteiger partial charge >= 0.3 is 0 Å². The first kappa shape index (κ1) is 41.9. The number of hydrogen-bond acceptors (Lipinski definition) is 3. The van der Waals surface area contributed by atoms with Gasteiger partial charge in [-0.1, -0.05) is 140 Å². The quantitative estimate of drug-likeness (QED) is 0.0523. The standard InChI is InChI=1S/C42H77NO2/c1-5-7-9-11-13-15-17-19-21-23-25-27-29-31-33-35-37-44-41-40(39-43(3)4)42(41)45-38-36-34-32-30-28-26-24-22-20-18-16-14-12-10-8-6-2/h13-16,19-22,40-42H,5-12,17-18,23-39H2,1-4H3/b15-13-,16-14-,21-19-,22-20-/t40?,41-,42?/m1/s1. The lowest BCUT2D eigenvalue weighted by molar-refractivity contribution is 0.0401. The van der Waals surface area contributed by atoms with Gasteiger partial charge in [-0.15, -0.1) is 0 Å². The van der Waals surface area contributed by atoms with E-state index >= 15 is 0 Å². The van der Waals surface area contributed by atoms with Gasteiger partial charge in [0.2, 0.25) is 0 Å². The molecule has 0 N–H and O–H groups in total. The molecule has 0 aromatic rings. The Morgan fingerprint density at radius 2 is 0.756 bits per heavy atom. The molecule has 0 amide bonds. The highest BCUT2D eigenvalue weighted by atomic mass is 16.6. The van der Waals surface area contributed by atoms with Crippen LogP contribution < -0.4 is 0 Å². The summed E-state index contributed by atoms with van der Waals surface area (Å²) in [5.74, 6) is 0.550.